The Bertz CT molecular complexity index is 858. The van der Waals surface area contributed by atoms with Crippen LogP contribution < -0.4 is 0 Å². The van der Waals surface area contributed by atoms with E-state index < -0.39 is 0 Å². The van der Waals surface area contributed by atoms with E-state index in [0.29, 0.717) is 5.41 Å². The van der Waals surface area contributed by atoms with Crippen molar-refractivity contribution in [2.45, 2.75) is 33.2 Å². The Kier molecular flexibility index (Phi) is 4.63. The van der Waals surface area contributed by atoms with Crippen molar-refractivity contribution >= 4 is 11.3 Å². The van der Waals surface area contributed by atoms with Gasteiger partial charge in [-0.1, -0.05) is 19.9 Å². The average Bonchev–Trinajstić information content (AvgIpc) is 3.27. The summed E-state index contributed by atoms with van der Waals surface area (Å²) in [5.41, 5.74) is 1.26. The van der Waals surface area contributed by atoms with Crippen molar-refractivity contribution in [3.05, 3.63) is 53.4 Å². The van der Waals surface area contributed by atoms with Crippen LogP contribution in [0.4, 0.5) is 4.39 Å². The quantitative estimate of drug-likeness (QED) is 0.664. The number of aromatic nitrogens is 3. The lowest BCUT2D eigenvalue weighted by Crippen LogP contribution is -2.37. The third-order valence-electron chi connectivity index (χ3n) is 5.04. The highest BCUT2D eigenvalue weighted by molar-refractivity contribution is 7.13. The van der Waals surface area contributed by atoms with Crippen molar-refractivity contribution in [2.24, 2.45) is 5.41 Å². The summed E-state index contributed by atoms with van der Waals surface area (Å²) in [5, 5.41) is 6.78. The Labute approximate surface area is 157 Å². The van der Waals surface area contributed by atoms with Crippen LogP contribution in [-0.4, -0.2) is 32.8 Å². The minimum atomic E-state index is -0.248. The van der Waals surface area contributed by atoms with Crippen molar-refractivity contribution in [1.29, 1.82) is 0 Å². The monoisotopic (exact) mass is 370 g/mol. The molecule has 0 N–H and O–H groups in total. The van der Waals surface area contributed by atoms with E-state index >= 15 is 0 Å². The first-order valence-electron chi connectivity index (χ1n) is 8.98. The minimum Gasteiger partial charge on any atom is -0.296 e. The molecule has 3 aromatic rings. The van der Waals surface area contributed by atoms with Crippen molar-refractivity contribution in [2.75, 3.05) is 13.1 Å². The first kappa shape index (κ1) is 17.4. The average molecular weight is 370 g/mol. The van der Waals surface area contributed by atoms with E-state index in [0.717, 1.165) is 41.8 Å². The molecule has 4 nitrogen and oxygen atoms in total. The fourth-order valence-corrected chi connectivity index (χ4v) is 3.96. The van der Waals surface area contributed by atoms with E-state index in [1.807, 2.05) is 22.2 Å². The van der Waals surface area contributed by atoms with Crippen LogP contribution >= 0.6 is 11.3 Å². The molecule has 0 saturated carbocycles. The van der Waals surface area contributed by atoms with Gasteiger partial charge in [0.05, 0.1) is 17.1 Å². The maximum absolute atomic E-state index is 13.3. The molecule has 1 aromatic carbocycles. The Morgan fingerprint density at radius 1 is 1.12 bits per heavy atom. The summed E-state index contributed by atoms with van der Waals surface area (Å²) in [7, 11) is 0. The van der Waals surface area contributed by atoms with Crippen LogP contribution in [0.15, 0.2) is 41.8 Å². The van der Waals surface area contributed by atoms with E-state index in [2.05, 4.69) is 18.7 Å². The molecule has 0 unspecified atom stereocenters. The highest BCUT2D eigenvalue weighted by atomic mass is 32.1. The van der Waals surface area contributed by atoms with Gasteiger partial charge in [0.15, 0.2) is 11.6 Å². The molecule has 0 atom stereocenters. The van der Waals surface area contributed by atoms with Crippen LogP contribution in [0.2, 0.25) is 0 Å². The summed E-state index contributed by atoms with van der Waals surface area (Å²) in [6.07, 6.45) is 2.40. The molecule has 0 bridgehead atoms. The molecule has 0 aliphatic carbocycles. The van der Waals surface area contributed by atoms with E-state index in [-0.39, 0.29) is 5.82 Å². The summed E-state index contributed by atoms with van der Waals surface area (Å²) in [6, 6.07) is 10.5. The highest BCUT2D eigenvalue weighted by Gasteiger charge is 2.26. The van der Waals surface area contributed by atoms with Gasteiger partial charge in [-0.2, -0.15) is 0 Å². The molecule has 136 valence electrons. The molecular weight excluding hydrogens is 347 g/mol. The van der Waals surface area contributed by atoms with Crippen molar-refractivity contribution in [1.82, 2.24) is 19.7 Å². The zero-order chi connectivity index (χ0) is 18.1. The molecule has 26 heavy (non-hydrogen) atoms. The predicted octanol–water partition coefficient (Wildman–Crippen LogP) is 4.76. The highest BCUT2D eigenvalue weighted by Crippen LogP contribution is 2.31. The van der Waals surface area contributed by atoms with Gasteiger partial charge in [-0.15, -0.1) is 16.4 Å². The summed E-state index contributed by atoms with van der Waals surface area (Å²) in [4.78, 5) is 8.30. The summed E-state index contributed by atoms with van der Waals surface area (Å²) < 4.78 is 15.1. The third kappa shape index (κ3) is 3.71. The smallest absolute Gasteiger partial charge is 0.173 e. The Hall–Kier alpha value is -2.05. The Morgan fingerprint density at radius 2 is 1.85 bits per heavy atom. The van der Waals surface area contributed by atoms with Gasteiger partial charge >= 0.3 is 0 Å². The molecule has 4 rings (SSSR count). The molecule has 1 aliphatic rings. The van der Waals surface area contributed by atoms with Crippen LogP contribution in [0.1, 0.15) is 32.5 Å². The predicted molar refractivity (Wildman–Crippen MR) is 103 cm³/mol. The number of nitrogens with zero attached hydrogens (tertiary/aromatic N) is 4. The SMILES string of the molecule is CC1(C)CCN(Cc2nc(-c3cccs3)n(-c3ccc(F)cc3)n2)CC1. The van der Waals surface area contributed by atoms with Gasteiger partial charge in [0.2, 0.25) is 0 Å². The summed E-state index contributed by atoms with van der Waals surface area (Å²) in [6.45, 7) is 7.57. The van der Waals surface area contributed by atoms with Gasteiger partial charge in [-0.3, -0.25) is 4.90 Å². The van der Waals surface area contributed by atoms with Crippen molar-refractivity contribution in [3.63, 3.8) is 0 Å². The van der Waals surface area contributed by atoms with E-state index in [4.69, 9.17) is 10.1 Å². The maximum Gasteiger partial charge on any atom is 0.173 e. The normalized spacial score (nSPS) is 17.5. The van der Waals surface area contributed by atoms with Crippen LogP contribution in [0.3, 0.4) is 0 Å². The lowest BCUT2D eigenvalue weighted by Gasteiger charge is -2.36. The van der Waals surface area contributed by atoms with Gasteiger partial charge in [0.1, 0.15) is 5.82 Å². The number of likely N-dealkylation sites (tertiary alicyclic amines) is 1. The topological polar surface area (TPSA) is 34.0 Å². The van der Waals surface area contributed by atoms with Crippen LogP contribution in [0.25, 0.3) is 16.4 Å². The van der Waals surface area contributed by atoms with Gasteiger partial charge in [0, 0.05) is 0 Å². The maximum atomic E-state index is 13.3. The fraction of sp³-hybridized carbons (Fsp3) is 0.400. The lowest BCUT2D eigenvalue weighted by atomic mass is 9.83. The Balaban J connectivity index is 1.62. The van der Waals surface area contributed by atoms with E-state index in [1.165, 1.54) is 25.0 Å². The summed E-state index contributed by atoms with van der Waals surface area (Å²) >= 11 is 1.64. The largest absolute Gasteiger partial charge is 0.296 e. The fourth-order valence-electron chi connectivity index (χ4n) is 3.27. The zero-order valence-electron chi connectivity index (χ0n) is 15.2. The molecule has 6 heteroatoms. The Morgan fingerprint density at radius 3 is 2.50 bits per heavy atom. The van der Waals surface area contributed by atoms with Crippen LogP contribution in [0.5, 0.6) is 0 Å². The van der Waals surface area contributed by atoms with Gasteiger partial charge in [-0.05, 0) is 67.1 Å². The molecule has 3 heterocycles. The number of benzene rings is 1. The molecule has 2 aromatic heterocycles. The van der Waals surface area contributed by atoms with Gasteiger partial charge in [-0.25, -0.2) is 14.1 Å². The molecule has 0 amide bonds. The molecule has 1 fully saturated rings. The van der Waals surface area contributed by atoms with Crippen molar-refractivity contribution < 1.29 is 4.39 Å². The zero-order valence-corrected chi connectivity index (χ0v) is 16.0. The first-order valence-corrected chi connectivity index (χ1v) is 9.86. The van der Waals surface area contributed by atoms with Gasteiger partial charge < -0.3 is 0 Å². The van der Waals surface area contributed by atoms with Gasteiger partial charge in [0.25, 0.3) is 0 Å². The van der Waals surface area contributed by atoms with E-state index in [9.17, 15) is 4.39 Å². The van der Waals surface area contributed by atoms with Crippen LogP contribution in [-0.2, 0) is 6.54 Å². The molecule has 1 saturated heterocycles. The minimum absolute atomic E-state index is 0.248. The van der Waals surface area contributed by atoms with Crippen molar-refractivity contribution in [3.8, 4) is 16.4 Å². The molecule has 1 aliphatic heterocycles. The number of piperidine rings is 1. The molecule has 0 spiro atoms. The summed E-state index contributed by atoms with van der Waals surface area (Å²) in [5.74, 6) is 1.39. The second kappa shape index (κ2) is 6.93. The van der Waals surface area contributed by atoms with Crippen LogP contribution in [0, 0.1) is 11.2 Å². The number of halogens is 1. The molecular formula is C20H23FN4S. The second-order valence-corrected chi connectivity index (χ2v) is 8.61. The number of hydrogen-bond acceptors (Lipinski definition) is 4. The standard InChI is InChI=1S/C20H23FN4S/c1-20(2)9-11-24(12-10-20)14-18-22-19(17-4-3-13-26-17)25(23-18)16-7-5-15(21)6-8-16/h3-8,13H,9-12,14H2,1-2H3. The number of hydrogen-bond donors (Lipinski definition) is 0. The third-order valence-corrected chi connectivity index (χ3v) is 5.90. The second-order valence-electron chi connectivity index (χ2n) is 7.66. The number of thiophene rings is 1. The molecule has 0 radical (unpaired) electrons. The van der Waals surface area contributed by atoms with E-state index in [1.54, 1.807) is 23.5 Å². The number of rotatable bonds is 4. The first-order chi connectivity index (χ1) is 12.5. The lowest BCUT2D eigenvalue weighted by molar-refractivity contribution is 0.124.